The summed E-state index contributed by atoms with van der Waals surface area (Å²) in [5.41, 5.74) is 5.45. The molecule has 4 aromatic rings. The van der Waals surface area contributed by atoms with Crippen molar-refractivity contribution in [2.75, 3.05) is 31.1 Å². The molecule has 2 amide bonds. The number of carbonyl (C=O) groups is 2. The Morgan fingerprint density at radius 1 is 1.00 bits per heavy atom. The Kier molecular flexibility index (Phi) is 5.67. The first-order valence-corrected chi connectivity index (χ1v) is 12.7. The monoisotopic (exact) mass is 494 g/mol. The van der Waals surface area contributed by atoms with E-state index in [-0.39, 0.29) is 11.8 Å². The molecule has 6 rings (SSSR count). The first kappa shape index (κ1) is 23.2. The third-order valence-corrected chi connectivity index (χ3v) is 7.50. The van der Waals surface area contributed by atoms with Gasteiger partial charge in [0.1, 0.15) is 11.8 Å². The SMILES string of the molecule is Cc1ccc(CNC(=O)C2(C)CN(c3ncnn4cc(-c5ccc(C(=O)N6CCC6)cc5)cc34)C2)cc1. The number of hydrogen-bond acceptors (Lipinski definition) is 5. The van der Waals surface area contributed by atoms with E-state index in [0.29, 0.717) is 25.2 Å². The van der Waals surface area contributed by atoms with E-state index in [2.05, 4.69) is 45.4 Å². The zero-order chi connectivity index (χ0) is 25.6. The quantitative estimate of drug-likeness (QED) is 0.442. The van der Waals surface area contributed by atoms with E-state index in [1.807, 2.05) is 58.9 Å². The first-order chi connectivity index (χ1) is 17.9. The number of fused-ring (bicyclic) bond motifs is 1. The van der Waals surface area contributed by atoms with Gasteiger partial charge in [-0.1, -0.05) is 42.0 Å². The zero-order valence-corrected chi connectivity index (χ0v) is 21.1. The maximum absolute atomic E-state index is 13.0. The van der Waals surface area contributed by atoms with Gasteiger partial charge in [-0.15, -0.1) is 0 Å². The molecule has 2 saturated heterocycles. The molecule has 4 heterocycles. The summed E-state index contributed by atoms with van der Waals surface area (Å²) in [4.78, 5) is 34.0. The number of amides is 2. The van der Waals surface area contributed by atoms with Crippen molar-refractivity contribution in [2.24, 2.45) is 5.41 Å². The Bertz CT molecular complexity index is 1460. The number of aryl methyl sites for hydroxylation is 1. The van der Waals surface area contributed by atoms with Crippen molar-refractivity contribution < 1.29 is 9.59 Å². The second-order valence-electron chi connectivity index (χ2n) is 10.5. The van der Waals surface area contributed by atoms with Gasteiger partial charge in [0, 0.05) is 50.0 Å². The number of likely N-dealkylation sites (tertiary alicyclic amines) is 1. The van der Waals surface area contributed by atoms with Gasteiger partial charge in [-0.05, 0) is 49.6 Å². The highest BCUT2D eigenvalue weighted by Gasteiger charge is 2.46. The molecule has 37 heavy (non-hydrogen) atoms. The van der Waals surface area contributed by atoms with Crippen LogP contribution in [0, 0.1) is 12.3 Å². The van der Waals surface area contributed by atoms with Crippen molar-refractivity contribution in [1.82, 2.24) is 24.8 Å². The molecule has 0 radical (unpaired) electrons. The number of benzene rings is 2. The predicted molar refractivity (Wildman–Crippen MR) is 142 cm³/mol. The van der Waals surface area contributed by atoms with Crippen LogP contribution < -0.4 is 10.2 Å². The number of nitrogens with zero attached hydrogens (tertiary/aromatic N) is 5. The molecule has 2 aliphatic heterocycles. The highest BCUT2D eigenvalue weighted by atomic mass is 16.2. The fourth-order valence-electron chi connectivity index (χ4n) is 5.02. The third kappa shape index (κ3) is 4.33. The Balaban J connectivity index is 1.14. The summed E-state index contributed by atoms with van der Waals surface area (Å²) in [6, 6.07) is 18.0. The molecular weight excluding hydrogens is 464 g/mol. The molecule has 1 N–H and O–H groups in total. The van der Waals surface area contributed by atoms with Gasteiger partial charge >= 0.3 is 0 Å². The number of carbonyl (C=O) groups excluding carboxylic acids is 2. The fraction of sp³-hybridized carbons (Fsp3) is 0.310. The van der Waals surface area contributed by atoms with Gasteiger partial charge in [0.25, 0.3) is 5.91 Å². The minimum Gasteiger partial charge on any atom is -0.352 e. The number of nitrogens with one attached hydrogen (secondary N) is 1. The predicted octanol–water partition coefficient (Wildman–Crippen LogP) is 3.69. The van der Waals surface area contributed by atoms with Crippen LogP contribution >= 0.6 is 0 Å². The van der Waals surface area contributed by atoms with Crippen molar-refractivity contribution in [2.45, 2.75) is 26.8 Å². The smallest absolute Gasteiger partial charge is 0.253 e. The third-order valence-electron chi connectivity index (χ3n) is 7.50. The number of aromatic nitrogens is 3. The first-order valence-electron chi connectivity index (χ1n) is 12.7. The van der Waals surface area contributed by atoms with Gasteiger partial charge < -0.3 is 15.1 Å². The summed E-state index contributed by atoms with van der Waals surface area (Å²) >= 11 is 0. The molecule has 188 valence electrons. The molecule has 2 aromatic heterocycles. The lowest BCUT2D eigenvalue weighted by molar-refractivity contribution is -0.131. The Labute approximate surface area is 215 Å². The second kappa shape index (κ2) is 9.03. The summed E-state index contributed by atoms with van der Waals surface area (Å²) in [6.07, 6.45) is 4.60. The molecule has 0 aliphatic carbocycles. The van der Waals surface area contributed by atoms with Crippen LogP contribution in [0.3, 0.4) is 0 Å². The number of anilines is 1. The van der Waals surface area contributed by atoms with Crippen LogP contribution in [0.4, 0.5) is 5.82 Å². The maximum Gasteiger partial charge on any atom is 0.253 e. The maximum atomic E-state index is 13.0. The molecule has 0 spiro atoms. The molecule has 0 unspecified atom stereocenters. The van der Waals surface area contributed by atoms with Crippen LogP contribution in [0.15, 0.2) is 67.1 Å². The largest absolute Gasteiger partial charge is 0.352 e. The lowest BCUT2D eigenvalue weighted by Crippen LogP contribution is -2.62. The van der Waals surface area contributed by atoms with Gasteiger partial charge in [-0.3, -0.25) is 9.59 Å². The molecule has 2 fully saturated rings. The van der Waals surface area contributed by atoms with Crippen LogP contribution in [-0.2, 0) is 11.3 Å². The number of rotatable bonds is 6. The van der Waals surface area contributed by atoms with Gasteiger partial charge in [-0.2, -0.15) is 5.10 Å². The molecule has 0 atom stereocenters. The Hall–Kier alpha value is -4.20. The van der Waals surface area contributed by atoms with E-state index in [0.717, 1.165) is 47.5 Å². The highest BCUT2D eigenvalue weighted by molar-refractivity contribution is 5.95. The molecule has 2 aromatic carbocycles. The fourth-order valence-corrected chi connectivity index (χ4v) is 5.02. The van der Waals surface area contributed by atoms with Crippen LogP contribution in [0.5, 0.6) is 0 Å². The van der Waals surface area contributed by atoms with Crippen LogP contribution in [0.2, 0.25) is 0 Å². The van der Waals surface area contributed by atoms with Gasteiger partial charge in [-0.25, -0.2) is 9.50 Å². The summed E-state index contributed by atoms with van der Waals surface area (Å²) < 4.78 is 1.82. The highest BCUT2D eigenvalue weighted by Crippen LogP contribution is 2.36. The summed E-state index contributed by atoms with van der Waals surface area (Å²) in [5, 5.41) is 7.49. The zero-order valence-electron chi connectivity index (χ0n) is 21.1. The van der Waals surface area contributed by atoms with E-state index < -0.39 is 5.41 Å². The van der Waals surface area contributed by atoms with Crippen LogP contribution in [0.1, 0.15) is 34.8 Å². The van der Waals surface area contributed by atoms with Crippen molar-refractivity contribution >= 4 is 23.1 Å². The van der Waals surface area contributed by atoms with Crippen molar-refractivity contribution in [3.05, 3.63) is 83.8 Å². The standard InChI is InChI=1S/C29H30N6O2/c1-20-4-6-21(7-5-20)15-30-28(37)29(2)17-34(18-29)26-25-14-24(16-35(25)32-19-31-26)22-8-10-23(11-9-22)27(36)33-12-3-13-33/h4-11,14,16,19H,3,12-13,15,17-18H2,1-2H3,(H,30,37). The number of hydrogen-bond donors (Lipinski definition) is 1. The van der Waals surface area contributed by atoms with Crippen molar-refractivity contribution in [1.29, 1.82) is 0 Å². The van der Waals surface area contributed by atoms with Crippen molar-refractivity contribution in [3.63, 3.8) is 0 Å². The molecule has 8 nitrogen and oxygen atoms in total. The summed E-state index contributed by atoms with van der Waals surface area (Å²) in [5.74, 6) is 0.963. The minimum atomic E-state index is -0.471. The van der Waals surface area contributed by atoms with Gasteiger partial charge in [0.15, 0.2) is 5.82 Å². The molecule has 8 heteroatoms. The normalized spacial score (nSPS) is 16.3. The summed E-state index contributed by atoms with van der Waals surface area (Å²) in [7, 11) is 0. The van der Waals surface area contributed by atoms with Gasteiger partial charge in [0.2, 0.25) is 5.91 Å². The average Bonchev–Trinajstić information content (AvgIpc) is 3.30. The van der Waals surface area contributed by atoms with Crippen LogP contribution in [0.25, 0.3) is 16.6 Å². The van der Waals surface area contributed by atoms with E-state index in [1.165, 1.54) is 5.56 Å². The van der Waals surface area contributed by atoms with E-state index in [4.69, 9.17) is 0 Å². The molecule has 2 aliphatic rings. The molecular formula is C29H30N6O2. The molecule has 0 saturated carbocycles. The molecule has 0 bridgehead atoms. The van der Waals surface area contributed by atoms with Gasteiger partial charge in [0.05, 0.1) is 5.41 Å². The lowest BCUT2D eigenvalue weighted by Gasteiger charge is -2.47. The van der Waals surface area contributed by atoms with E-state index in [1.54, 1.807) is 6.33 Å². The topological polar surface area (TPSA) is 82.8 Å². The Morgan fingerprint density at radius 2 is 1.73 bits per heavy atom. The Morgan fingerprint density at radius 3 is 2.41 bits per heavy atom. The summed E-state index contributed by atoms with van der Waals surface area (Å²) in [6.45, 7) is 7.45. The van der Waals surface area contributed by atoms with Crippen LogP contribution in [-0.4, -0.2) is 57.5 Å². The van der Waals surface area contributed by atoms with Crippen molar-refractivity contribution in [3.8, 4) is 11.1 Å². The lowest BCUT2D eigenvalue weighted by atomic mass is 9.81. The second-order valence-corrected chi connectivity index (χ2v) is 10.5. The van der Waals surface area contributed by atoms with E-state index >= 15 is 0 Å². The van der Waals surface area contributed by atoms with E-state index in [9.17, 15) is 9.59 Å². The minimum absolute atomic E-state index is 0.0540. The average molecular weight is 495 g/mol.